The van der Waals surface area contributed by atoms with Crippen molar-refractivity contribution in [2.45, 2.75) is 19.8 Å². The van der Waals surface area contributed by atoms with Crippen LogP contribution in [0.1, 0.15) is 12.6 Å². The lowest BCUT2D eigenvalue weighted by atomic mass is 10.3. The summed E-state index contributed by atoms with van der Waals surface area (Å²) in [5, 5.41) is 8.80. The number of hydrogen-bond donors (Lipinski definition) is 1. The zero-order valence-electron chi connectivity index (χ0n) is 7.73. The topological polar surface area (TPSA) is 51.6 Å². The van der Waals surface area contributed by atoms with Crippen LogP contribution in [-0.4, -0.2) is 23.5 Å². The average Bonchev–Trinajstić information content (AvgIpc) is 2.18. The van der Waals surface area contributed by atoms with Crippen LogP contribution in [0.5, 0.6) is 5.75 Å². The quantitative estimate of drug-likeness (QED) is 0.706. The first kappa shape index (κ1) is 9.95. The Kier molecular flexibility index (Phi) is 3.67. The fourth-order valence-electron chi connectivity index (χ4n) is 0.856. The Morgan fingerprint density at radius 3 is 3.00 bits per heavy atom. The molecule has 1 heterocycles. The molecule has 1 aromatic rings. The van der Waals surface area contributed by atoms with Crippen molar-refractivity contribution < 1.29 is 14.6 Å². The number of aliphatic hydroxyl groups is 1. The maximum absolute atomic E-state index is 8.80. The van der Waals surface area contributed by atoms with Gasteiger partial charge in [-0.15, -0.1) is 0 Å². The largest absolute Gasteiger partial charge is 0.465 e. The van der Waals surface area contributed by atoms with Gasteiger partial charge in [0.05, 0.1) is 12.3 Å². The number of aromatic nitrogens is 1. The lowest BCUT2D eigenvalue weighted by Crippen LogP contribution is -2.13. The van der Waals surface area contributed by atoms with E-state index in [1.807, 2.05) is 0 Å². The fraction of sp³-hybridized carbons (Fsp3) is 0.444. The molecular formula is C9H13NO3. The number of hydrogen-bond acceptors (Lipinski definition) is 4. The Balaban J connectivity index is 2.66. The third-order valence-corrected chi connectivity index (χ3v) is 1.58. The Bertz CT molecular complexity index is 265. The van der Waals surface area contributed by atoms with E-state index >= 15 is 0 Å². The maximum Gasteiger partial charge on any atom is 0.196 e. The number of rotatable bonds is 4. The maximum atomic E-state index is 8.80. The molecule has 0 aliphatic rings. The van der Waals surface area contributed by atoms with Crippen LogP contribution in [0.15, 0.2) is 18.3 Å². The predicted molar refractivity (Wildman–Crippen MR) is 47.3 cm³/mol. The van der Waals surface area contributed by atoms with Crippen LogP contribution in [0.25, 0.3) is 0 Å². The summed E-state index contributed by atoms with van der Waals surface area (Å²) in [6.45, 7) is 1.71. The molecule has 0 saturated heterocycles. The molecule has 0 amide bonds. The molecule has 1 N–H and O–H groups in total. The van der Waals surface area contributed by atoms with E-state index in [0.717, 1.165) is 0 Å². The van der Waals surface area contributed by atoms with Gasteiger partial charge < -0.3 is 14.6 Å². The molecule has 1 rings (SSSR count). The van der Waals surface area contributed by atoms with E-state index in [0.29, 0.717) is 11.4 Å². The van der Waals surface area contributed by atoms with E-state index in [1.165, 1.54) is 0 Å². The second-order valence-corrected chi connectivity index (χ2v) is 2.56. The van der Waals surface area contributed by atoms with Crippen molar-refractivity contribution in [2.24, 2.45) is 0 Å². The highest BCUT2D eigenvalue weighted by Gasteiger charge is 2.01. The van der Waals surface area contributed by atoms with Crippen molar-refractivity contribution in [3.8, 4) is 5.75 Å². The smallest absolute Gasteiger partial charge is 0.196 e. The van der Waals surface area contributed by atoms with E-state index in [9.17, 15) is 0 Å². The highest BCUT2D eigenvalue weighted by molar-refractivity contribution is 5.22. The van der Waals surface area contributed by atoms with Gasteiger partial charge >= 0.3 is 0 Å². The molecule has 0 fully saturated rings. The molecule has 1 aromatic heterocycles. The molecule has 0 aromatic carbocycles. The summed E-state index contributed by atoms with van der Waals surface area (Å²) < 4.78 is 10.3. The van der Waals surface area contributed by atoms with E-state index < -0.39 is 0 Å². The number of nitrogens with zero attached hydrogens (tertiary/aromatic N) is 1. The van der Waals surface area contributed by atoms with Gasteiger partial charge in [-0.1, -0.05) is 0 Å². The monoisotopic (exact) mass is 183 g/mol. The van der Waals surface area contributed by atoms with Crippen molar-refractivity contribution in [3.63, 3.8) is 0 Å². The summed E-state index contributed by atoms with van der Waals surface area (Å²) in [5.41, 5.74) is 0.584. The zero-order valence-corrected chi connectivity index (χ0v) is 7.73. The summed E-state index contributed by atoms with van der Waals surface area (Å²) in [6.07, 6.45) is 1.29. The van der Waals surface area contributed by atoms with Gasteiger partial charge in [-0.05, 0) is 13.0 Å². The lowest BCUT2D eigenvalue weighted by Gasteiger charge is -2.12. The van der Waals surface area contributed by atoms with E-state index in [2.05, 4.69) is 4.98 Å². The van der Waals surface area contributed by atoms with Crippen LogP contribution in [0, 0.1) is 0 Å². The second-order valence-electron chi connectivity index (χ2n) is 2.56. The van der Waals surface area contributed by atoms with Crippen molar-refractivity contribution in [3.05, 3.63) is 24.0 Å². The highest BCUT2D eigenvalue weighted by atomic mass is 16.7. The summed E-state index contributed by atoms with van der Waals surface area (Å²) in [4.78, 5) is 3.92. The van der Waals surface area contributed by atoms with Gasteiger partial charge in [0, 0.05) is 19.4 Å². The molecule has 4 nitrogen and oxygen atoms in total. The molecule has 13 heavy (non-hydrogen) atoms. The van der Waals surface area contributed by atoms with Crippen molar-refractivity contribution in [1.82, 2.24) is 4.98 Å². The Morgan fingerprint density at radius 2 is 2.38 bits per heavy atom. The van der Waals surface area contributed by atoms with Crippen LogP contribution in [0.3, 0.4) is 0 Å². The minimum absolute atomic E-state index is 0.0848. The third-order valence-electron chi connectivity index (χ3n) is 1.58. The van der Waals surface area contributed by atoms with Crippen LogP contribution >= 0.6 is 0 Å². The second kappa shape index (κ2) is 4.79. The van der Waals surface area contributed by atoms with E-state index in [-0.39, 0.29) is 12.9 Å². The molecule has 0 spiro atoms. The van der Waals surface area contributed by atoms with Gasteiger partial charge in [0.15, 0.2) is 6.29 Å². The van der Waals surface area contributed by atoms with Gasteiger partial charge in [-0.3, -0.25) is 4.98 Å². The molecule has 1 atom stereocenters. The summed E-state index contributed by atoms with van der Waals surface area (Å²) in [6, 6.07) is 3.39. The van der Waals surface area contributed by atoms with Gasteiger partial charge in [0.25, 0.3) is 0 Å². The van der Waals surface area contributed by atoms with Crippen LogP contribution in [0.4, 0.5) is 0 Å². The predicted octanol–water partition coefficient (Wildman–Crippen LogP) is 0.945. The fourth-order valence-corrected chi connectivity index (χ4v) is 0.856. The first-order chi connectivity index (χ1) is 6.26. The molecule has 72 valence electrons. The number of aliphatic hydroxyl groups excluding tert-OH is 1. The molecule has 4 heteroatoms. The minimum atomic E-state index is -0.297. The zero-order chi connectivity index (χ0) is 9.68. The first-order valence-electron chi connectivity index (χ1n) is 4.01. The molecule has 0 radical (unpaired) electrons. The summed E-state index contributed by atoms with van der Waals surface area (Å²) >= 11 is 0. The molecular weight excluding hydrogens is 170 g/mol. The van der Waals surface area contributed by atoms with Gasteiger partial charge in [0.2, 0.25) is 0 Å². The number of ether oxygens (including phenoxy) is 2. The summed E-state index contributed by atoms with van der Waals surface area (Å²) in [7, 11) is 1.57. The van der Waals surface area contributed by atoms with E-state index in [4.69, 9.17) is 14.6 Å². The summed E-state index contributed by atoms with van der Waals surface area (Å²) in [5.74, 6) is 0.647. The van der Waals surface area contributed by atoms with Gasteiger partial charge in [0.1, 0.15) is 5.75 Å². The third kappa shape index (κ3) is 3.01. The Morgan fingerprint density at radius 1 is 1.62 bits per heavy atom. The minimum Gasteiger partial charge on any atom is -0.465 e. The van der Waals surface area contributed by atoms with Crippen LogP contribution in [0.2, 0.25) is 0 Å². The number of pyridine rings is 1. The highest BCUT2D eigenvalue weighted by Crippen LogP contribution is 2.12. The van der Waals surface area contributed by atoms with Crippen LogP contribution in [-0.2, 0) is 11.3 Å². The average molecular weight is 183 g/mol. The molecule has 0 saturated carbocycles. The molecule has 0 bridgehead atoms. The SMILES string of the molecule is COC(C)Oc1ccnc(CO)c1. The normalized spacial score (nSPS) is 12.5. The van der Waals surface area contributed by atoms with Crippen LogP contribution < -0.4 is 4.74 Å². The number of methoxy groups -OCH3 is 1. The first-order valence-corrected chi connectivity index (χ1v) is 4.01. The molecule has 0 aliphatic heterocycles. The van der Waals surface area contributed by atoms with Crippen molar-refractivity contribution in [1.29, 1.82) is 0 Å². The van der Waals surface area contributed by atoms with Crippen molar-refractivity contribution >= 4 is 0 Å². The molecule has 0 aliphatic carbocycles. The van der Waals surface area contributed by atoms with Gasteiger partial charge in [-0.2, -0.15) is 0 Å². The van der Waals surface area contributed by atoms with Gasteiger partial charge in [-0.25, -0.2) is 0 Å². The Labute approximate surface area is 77.1 Å². The standard InChI is InChI=1S/C9H13NO3/c1-7(12-2)13-9-3-4-10-8(5-9)6-11/h3-5,7,11H,6H2,1-2H3. The molecule has 1 unspecified atom stereocenters. The van der Waals surface area contributed by atoms with E-state index in [1.54, 1.807) is 32.4 Å². The van der Waals surface area contributed by atoms with Crippen molar-refractivity contribution in [2.75, 3.05) is 7.11 Å². The Hall–Kier alpha value is -1.13. The lowest BCUT2D eigenvalue weighted by molar-refractivity contribution is -0.0384.